The van der Waals surface area contributed by atoms with Crippen LogP contribution in [0.25, 0.3) is 11.8 Å². The number of rotatable bonds is 10. The molecule has 0 amide bonds. The first-order valence-electron chi connectivity index (χ1n) is 11.4. The van der Waals surface area contributed by atoms with Crippen LogP contribution in [0.2, 0.25) is 0 Å². The van der Waals surface area contributed by atoms with E-state index in [9.17, 15) is 14.9 Å². The van der Waals surface area contributed by atoms with Gasteiger partial charge in [0.1, 0.15) is 21.0 Å². The van der Waals surface area contributed by atoms with E-state index in [-0.39, 0.29) is 17.7 Å². The number of benzene rings is 1. The molecule has 10 heteroatoms. The maximum Gasteiger partial charge on any atom is 0.351 e. The fourth-order valence-corrected chi connectivity index (χ4v) is 4.55. The van der Waals surface area contributed by atoms with Crippen molar-refractivity contribution in [1.82, 2.24) is 9.47 Å². The molecule has 0 saturated carbocycles. The van der Waals surface area contributed by atoms with Crippen LogP contribution in [0.4, 0.5) is 5.69 Å². The first-order valence-corrected chi connectivity index (χ1v) is 12.2. The van der Waals surface area contributed by atoms with Gasteiger partial charge in [0.15, 0.2) is 5.57 Å². The Kier molecular flexibility index (Phi) is 9.70. The van der Waals surface area contributed by atoms with E-state index in [1.807, 2.05) is 30.3 Å². The Morgan fingerprint density at radius 3 is 2.65 bits per heavy atom. The van der Waals surface area contributed by atoms with E-state index < -0.39 is 5.97 Å². The van der Waals surface area contributed by atoms with Crippen LogP contribution in [-0.4, -0.2) is 61.5 Å². The van der Waals surface area contributed by atoms with Crippen molar-refractivity contribution in [3.8, 4) is 11.8 Å². The van der Waals surface area contributed by atoms with Crippen LogP contribution in [0, 0.1) is 11.3 Å². The lowest BCUT2D eigenvalue weighted by atomic mass is 10.3. The molecule has 0 radical (unpaired) electrons. The molecule has 1 N–H and O–H groups in total. The Labute approximate surface area is 202 Å². The zero-order valence-electron chi connectivity index (χ0n) is 19.5. The second-order valence-electron chi connectivity index (χ2n) is 7.50. The minimum absolute atomic E-state index is 0.153. The van der Waals surface area contributed by atoms with Crippen molar-refractivity contribution < 1.29 is 19.0 Å². The maximum absolute atomic E-state index is 12.8. The first kappa shape index (κ1) is 25.5. The van der Waals surface area contributed by atoms with E-state index in [4.69, 9.17) is 14.2 Å². The smallest absolute Gasteiger partial charge is 0.351 e. The van der Waals surface area contributed by atoms with Crippen LogP contribution in [0.15, 0.2) is 29.1 Å². The molecule has 0 spiro atoms. The second-order valence-corrected chi connectivity index (χ2v) is 8.53. The van der Waals surface area contributed by atoms with Crippen LogP contribution in [0.3, 0.4) is 0 Å². The average molecular weight is 487 g/mol. The third-order valence-corrected chi connectivity index (χ3v) is 6.37. The van der Waals surface area contributed by atoms with Gasteiger partial charge in [-0.05, 0) is 44.5 Å². The third-order valence-electron chi connectivity index (χ3n) is 5.24. The van der Waals surface area contributed by atoms with Crippen molar-refractivity contribution in [3.05, 3.63) is 43.8 Å². The number of thiazole rings is 1. The summed E-state index contributed by atoms with van der Waals surface area (Å²) in [5.41, 5.74) is 0.348. The largest absolute Gasteiger partial charge is 0.494 e. The molecule has 182 valence electrons. The highest BCUT2D eigenvalue weighted by molar-refractivity contribution is 7.07. The molecule has 34 heavy (non-hydrogen) atoms. The van der Waals surface area contributed by atoms with E-state index in [1.54, 1.807) is 20.0 Å². The molecule has 1 aliphatic rings. The molecule has 2 heterocycles. The summed E-state index contributed by atoms with van der Waals surface area (Å²) in [7, 11) is 0. The number of hydrogen-bond acceptors (Lipinski definition) is 9. The van der Waals surface area contributed by atoms with Crippen molar-refractivity contribution in [1.29, 1.82) is 5.26 Å². The second kappa shape index (κ2) is 12.9. The number of morpholine rings is 1. The van der Waals surface area contributed by atoms with Crippen molar-refractivity contribution in [2.75, 3.05) is 51.4 Å². The third kappa shape index (κ3) is 6.70. The van der Waals surface area contributed by atoms with Gasteiger partial charge in [-0.25, -0.2) is 4.79 Å². The lowest BCUT2D eigenvalue weighted by molar-refractivity contribution is -0.136. The van der Waals surface area contributed by atoms with Gasteiger partial charge in [-0.1, -0.05) is 0 Å². The molecular weight excluding hydrogens is 456 g/mol. The molecule has 9 nitrogen and oxygen atoms in total. The standard InChI is InChI=1S/C24H30N4O5S/c1-3-28-22(29)21(34-23(28)20(16-25)24(30)32-4-2)17-26-18-6-8-19(9-7-18)33-13-5-10-27-11-14-31-15-12-27/h6-9,17,26H,3-5,10-15H2,1-2H3/b21-17+,23-20-. The van der Waals surface area contributed by atoms with Crippen molar-refractivity contribution >= 4 is 34.8 Å². The molecule has 1 aromatic heterocycles. The van der Waals surface area contributed by atoms with E-state index in [2.05, 4.69) is 10.2 Å². The number of anilines is 1. The van der Waals surface area contributed by atoms with Gasteiger partial charge in [0.05, 0.1) is 26.4 Å². The average Bonchev–Trinajstić information content (AvgIpc) is 3.17. The molecule has 0 atom stereocenters. The zero-order valence-corrected chi connectivity index (χ0v) is 20.4. The summed E-state index contributed by atoms with van der Waals surface area (Å²) in [6.45, 7) is 9.13. The molecule has 1 aliphatic heterocycles. The van der Waals surface area contributed by atoms with Gasteiger partial charge in [-0.3, -0.25) is 14.3 Å². The number of nitrogens with zero attached hydrogens (tertiary/aromatic N) is 3. The number of esters is 1. The van der Waals surface area contributed by atoms with E-state index in [0.717, 1.165) is 62.0 Å². The Morgan fingerprint density at radius 2 is 2.00 bits per heavy atom. The monoisotopic (exact) mass is 486 g/mol. The van der Waals surface area contributed by atoms with Crippen LogP contribution < -0.4 is 24.8 Å². The Balaban J connectivity index is 1.65. The maximum atomic E-state index is 12.8. The lowest BCUT2D eigenvalue weighted by Gasteiger charge is -2.26. The van der Waals surface area contributed by atoms with Crippen molar-refractivity contribution in [2.24, 2.45) is 0 Å². The normalized spacial score (nSPS) is 15.5. The highest BCUT2D eigenvalue weighted by atomic mass is 32.1. The van der Waals surface area contributed by atoms with Crippen LogP contribution in [0.5, 0.6) is 5.75 Å². The SMILES string of the molecule is CCOC(=O)/C(C#N)=c1\s/c(=C/Nc2ccc(OCCCN3CCOCC3)cc2)c(=O)n1CC. The highest BCUT2D eigenvalue weighted by Crippen LogP contribution is 2.16. The number of ether oxygens (including phenoxy) is 3. The van der Waals surface area contributed by atoms with Crippen molar-refractivity contribution in [2.45, 2.75) is 26.8 Å². The van der Waals surface area contributed by atoms with Crippen LogP contribution in [-0.2, 0) is 20.8 Å². The van der Waals surface area contributed by atoms with E-state index >= 15 is 0 Å². The summed E-state index contributed by atoms with van der Waals surface area (Å²) < 4.78 is 18.2. The summed E-state index contributed by atoms with van der Waals surface area (Å²) in [4.78, 5) is 27.2. The summed E-state index contributed by atoms with van der Waals surface area (Å²) in [6.07, 6.45) is 2.53. The van der Waals surface area contributed by atoms with Crippen LogP contribution in [0.1, 0.15) is 20.3 Å². The molecular formula is C24H30N4O5S. The summed E-state index contributed by atoms with van der Waals surface area (Å²) in [5.74, 6) is 0.0514. The number of hydrogen-bond donors (Lipinski definition) is 1. The molecule has 0 aliphatic carbocycles. The number of carbonyl (C=O) groups is 1. The molecule has 3 rings (SSSR count). The summed E-state index contributed by atoms with van der Waals surface area (Å²) >= 11 is 1.08. The fourth-order valence-electron chi connectivity index (χ4n) is 3.48. The summed E-state index contributed by atoms with van der Waals surface area (Å²) in [5, 5.41) is 12.5. The zero-order chi connectivity index (χ0) is 24.3. The Bertz CT molecular complexity index is 1170. The molecule has 1 fully saturated rings. The number of nitrogens with one attached hydrogen (secondary N) is 1. The molecule has 1 saturated heterocycles. The van der Waals surface area contributed by atoms with Gasteiger partial charge in [-0.2, -0.15) is 5.26 Å². The first-order chi connectivity index (χ1) is 16.6. The van der Waals surface area contributed by atoms with Gasteiger partial charge in [0, 0.05) is 38.1 Å². The Morgan fingerprint density at radius 1 is 1.26 bits per heavy atom. The van der Waals surface area contributed by atoms with Crippen LogP contribution >= 0.6 is 11.3 Å². The molecule has 1 aromatic carbocycles. The molecule has 2 aromatic rings. The van der Waals surface area contributed by atoms with Crippen molar-refractivity contribution in [3.63, 3.8) is 0 Å². The predicted molar refractivity (Wildman–Crippen MR) is 131 cm³/mol. The minimum Gasteiger partial charge on any atom is -0.494 e. The minimum atomic E-state index is -0.728. The van der Waals surface area contributed by atoms with Gasteiger partial charge in [-0.15, -0.1) is 11.3 Å². The Hall–Kier alpha value is -3.13. The van der Waals surface area contributed by atoms with E-state index in [0.29, 0.717) is 22.3 Å². The predicted octanol–water partition coefficient (Wildman–Crippen LogP) is 1.12. The molecule has 0 bridgehead atoms. The topological polar surface area (TPSA) is 106 Å². The number of carbonyl (C=O) groups excluding carboxylic acids is 1. The van der Waals surface area contributed by atoms with Gasteiger partial charge in [0.2, 0.25) is 0 Å². The molecule has 0 unspecified atom stereocenters. The summed E-state index contributed by atoms with van der Waals surface area (Å²) in [6, 6.07) is 9.35. The lowest BCUT2D eigenvalue weighted by Crippen LogP contribution is -2.37. The quantitative estimate of drug-likeness (QED) is 0.393. The van der Waals surface area contributed by atoms with E-state index in [1.165, 1.54) is 4.57 Å². The van der Waals surface area contributed by atoms with Gasteiger partial charge >= 0.3 is 5.97 Å². The number of aromatic nitrogens is 1. The van der Waals surface area contributed by atoms with Gasteiger partial charge < -0.3 is 19.5 Å². The fraction of sp³-hybridized carbons (Fsp3) is 0.458. The highest BCUT2D eigenvalue weighted by Gasteiger charge is 2.16. The number of nitriles is 1. The van der Waals surface area contributed by atoms with Gasteiger partial charge in [0.25, 0.3) is 5.56 Å².